The second-order valence-electron chi connectivity index (χ2n) is 7.50. The Balaban J connectivity index is 1.74. The predicted molar refractivity (Wildman–Crippen MR) is 117 cm³/mol. The highest BCUT2D eigenvalue weighted by molar-refractivity contribution is 7.89. The molecule has 7 heteroatoms. The molecule has 0 radical (unpaired) electrons. The van der Waals surface area contributed by atoms with E-state index >= 15 is 0 Å². The van der Waals surface area contributed by atoms with Crippen LogP contribution < -0.4 is 10.2 Å². The first-order valence-corrected chi connectivity index (χ1v) is 11.5. The molecule has 1 aliphatic rings. The van der Waals surface area contributed by atoms with Gasteiger partial charge in [0, 0.05) is 43.1 Å². The monoisotopic (exact) mass is 415 g/mol. The molecule has 1 amide bonds. The standard InChI is InChI=1S/C22H29N3O3S/c1-4-24(3)20-10-7-9-19(16-20)23-22(26)18-11-13-21(14-12-18)29(27,28)25-15-6-5-8-17(25)2/h7,9-14,16-17H,4-6,8,15H2,1-3H3,(H,23,26). The summed E-state index contributed by atoms with van der Waals surface area (Å²) in [6, 6.07) is 13.8. The Morgan fingerprint density at radius 2 is 1.90 bits per heavy atom. The van der Waals surface area contributed by atoms with E-state index in [1.54, 1.807) is 16.4 Å². The van der Waals surface area contributed by atoms with Gasteiger partial charge in [0.05, 0.1) is 4.90 Å². The van der Waals surface area contributed by atoms with Gasteiger partial charge in [0.2, 0.25) is 10.0 Å². The van der Waals surface area contributed by atoms with Crippen molar-refractivity contribution in [2.24, 2.45) is 0 Å². The van der Waals surface area contributed by atoms with Gasteiger partial charge in [0.25, 0.3) is 5.91 Å². The van der Waals surface area contributed by atoms with E-state index in [1.165, 1.54) is 12.1 Å². The van der Waals surface area contributed by atoms with Crippen molar-refractivity contribution in [2.45, 2.75) is 44.0 Å². The maximum atomic E-state index is 12.9. The van der Waals surface area contributed by atoms with Gasteiger partial charge in [-0.3, -0.25) is 4.79 Å². The minimum absolute atomic E-state index is 0.00486. The SMILES string of the molecule is CCN(C)c1cccc(NC(=O)c2ccc(S(=O)(=O)N3CCCCC3C)cc2)c1. The first-order valence-electron chi connectivity index (χ1n) is 10.1. The third-order valence-corrected chi connectivity index (χ3v) is 7.51. The Kier molecular flexibility index (Phi) is 6.59. The number of carbonyl (C=O) groups is 1. The van der Waals surface area contributed by atoms with Gasteiger partial charge in [-0.2, -0.15) is 4.31 Å². The predicted octanol–water partition coefficient (Wildman–Crippen LogP) is 3.96. The highest BCUT2D eigenvalue weighted by atomic mass is 32.2. The molecular weight excluding hydrogens is 386 g/mol. The second kappa shape index (κ2) is 8.97. The molecule has 1 fully saturated rings. The highest BCUT2D eigenvalue weighted by Crippen LogP contribution is 2.25. The molecule has 156 valence electrons. The third kappa shape index (κ3) is 4.79. The van der Waals surface area contributed by atoms with Crippen LogP contribution in [-0.4, -0.2) is 44.8 Å². The van der Waals surface area contributed by atoms with Gasteiger partial charge in [-0.1, -0.05) is 12.5 Å². The van der Waals surface area contributed by atoms with Crippen molar-refractivity contribution in [2.75, 3.05) is 30.4 Å². The number of nitrogens with one attached hydrogen (secondary N) is 1. The quantitative estimate of drug-likeness (QED) is 0.775. The second-order valence-corrected chi connectivity index (χ2v) is 9.39. The normalized spacial score (nSPS) is 17.7. The first-order chi connectivity index (χ1) is 13.8. The van der Waals surface area contributed by atoms with Crippen molar-refractivity contribution in [1.29, 1.82) is 0 Å². The minimum atomic E-state index is -3.53. The summed E-state index contributed by atoms with van der Waals surface area (Å²) in [6.07, 6.45) is 2.82. The highest BCUT2D eigenvalue weighted by Gasteiger charge is 2.30. The van der Waals surface area contributed by atoms with E-state index < -0.39 is 10.0 Å². The maximum absolute atomic E-state index is 12.9. The van der Waals surface area contributed by atoms with Crippen molar-refractivity contribution in [1.82, 2.24) is 4.31 Å². The lowest BCUT2D eigenvalue weighted by molar-refractivity contribution is 0.102. The molecule has 6 nitrogen and oxygen atoms in total. The zero-order valence-corrected chi connectivity index (χ0v) is 18.1. The summed E-state index contributed by atoms with van der Waals surface area (Å²) in [4.78, 5) is 14.9. The number of amides is 1. The van der Waals surface area contributed by atoms with Crippen LogP contribution in [0.3, 0.4) is 0 Å². The lowest BCUT2D eigenvalue weighted by Gasteiger charge is -2.32. The maximum Gasteiger partial charge on any atom is 0.255 e. The minimum Gasteiger partial charge on any atom is -0.375 e. The molecule has 0 saturated carbocycles. The van der Waals surface area contributed by atoms with Gasteiger partial charge in [-0.15, -0.1) is 0 Å². The van der Waals surface area contributed by atoms with E-state index in [0.717, 1.165) is 31.5 Å². The van der Waals surface area contributed by atoms with Crippen LogP contribution in [0.25, 0.3) is 0 Å². The molecular formula is C22H29N3O3S. The summed E-state index contributed by atoms with van der Waals surface area (Å²) in [5.74, 6) is -0.267. The van der Waals surface area contributed by atoms with Gasteiger partial charge in [0.15, 0.2) is 0 Å². The van der Waals surface area contributed by atoms with E-state index in [2.05, 4.69) is 17.1 Å². The van der Waals surface area contributed by atoms with E-state index in [9.17, 15) is 13.2 Å². The number of hydrogen-bond donors (Lipinski definition) is 1. The molecule has 29 heavy (non-hydrogen) atoms. The molecule has 0 bridgehead atoms. The fourth-order valence-corrected chi connectivity index (χ4v) is 5.25. The van der Waals surface area contributed by atoms with Crippen LogP contribution in [0.4, 0.5) is 11.4 Å². The fourth-order valence-electron chi connectivity index (χ4n) is 3.55. The van der Waals surface area contributed by atoms with Crippen molar-refractivity contribution in [3.05, 3.63) is 54.1 Å². The molecule has 0 aromatic heterocycles. The van der Waals surface area contributed by atoms with E-state index in [-0.39, 0.29) is 16.8 Å². The molecule has 1 heterocycles. The average molecular weight is 416 g/mol. The van der Waals surface area contributed by atoms with Gasteiger partial charge >= 0.3 is 0 Å². The molecule has 1 unspecified atom stereocenters. The lowest BCUT2D eigenvalue weighted by atomic mass is 10.1. The van der Waals surface area contributed by atoms with E-state index in [1.807, 2.05) is 38.2 Å². The molecule has 1 atom stereocenters. The number of hydrogen-bond acceptors (Lipinski definition) is 4. The third-order valence-electron chi connectivity index (χ3n) is 5.48. The number of piperidine rings is 1. The Bertz CT molecular complexity index is 958. The van der Waals surface area contributed by atoms with Crippen LogP contribution in [0.5, 0.6) is 0 Å². The number of carbonyl (C=O) groups excluding carboxylic acids is 1. The molecule has 1 N–H and O–H groups in total. The Labute approximate surface area is 173 Å². The topological polar surface area (TPSA) is 69.7 Å². The van der Waals surface area contributed by atoms with Gasteiger partial charge in [0.1, 0.15) is 0 Å². The molecule has 0 aliphatic carbocycles. The smallest absolute Gasteiger partial charge is 0.255 e. The fraction of sp³-hybridized carbons (Fsp3) is 0.409. The number of rotatable bonds is 6. The van der Waals surface area contributed by atoms with E-state index in [0.29, 0.717) is 17.8 Å². The van der Waals surface area contributed by atoms with Gasteiger partial charge in [-0.25, -0.2) is 8.42 Å². The zero-order chi connectivity index (χ0) is 21.0. The van der Waals surface area contributed by atoms with Crippen LogP contribution in [0.15, 0.2) is 53.4 Å². The van der Waals surface area contributed by atoms with Crippen molar-refractivity contribution in [3.63, 3.8) is 0 Å². The number of anilines is 2. The van der Waals surface area contributed by atoms with Crippen molar-refractivity contribution in [3.8, 4) is 0 Å². The van der Waals surface area contributed by atoms with Gasteiger partial charge in [-0.05, 0) is 69.2 Å². The Morgan fingerprint density at radius 3 is 2.55 bits per heavy atom. The number of benzene rings is 2. The summed E-state index contributed by atoms with van der Waals surface area (Å²) in [5.41, 5.74) is 2.14. The molecule has 2 aromatic carbocycles. The Hall–Kier alpha value is -2.38. The molecule has 2 aromatic rings. The van der Waals surface area contributed by atoms with Crippen molar-refractivity contribution < 1.29 is 13.2 Å². The van der Waals surface area contributed by atoms with Crippen LogP contribution in [0.2, 0.25) is 0 Å². The van der Waals surface area contributed by atoms with Crippen LogP contribution >= 0.6 is 0 Å². The zero-order valence-electron chi connectivity index (χ0n) is 17.3. The summed E-state index contributed by atoms with van der Waals surface area (Å²) >= 11 is 0. The van der Waals surface area contributed by atoms with Crippen LogP contribution in [0, 0.1) is 0 Å². The molecule has 0 spiro atoms. The summed E-state index contributed by atoms with van der Waals surface area (Å²) < 4.78 is 27.4. The largest absolute Gasteiger partial charge is 0.375 e. The van der Waals surface area contributed by atoms with Crippen LogP contribution in [-0.2, 0) is 10.0 Å². The summed E-state index contributed by atoms with van der Waals surface area (Å²) in [7, 11) is -1.55. The number of nitrogens with zero attached hydrogens (tertiary/aromatic N) is 2. The number of sulfonamides is 1. The molecule has 1 saturated heterocycles. The summed E-state index contributed by atoms with van der Waals surface area (Å²) in [5, 5.41) is 2.88. The molecule has 3 rings (SSSR count). The van der Waals surface area contributed by atoms with Crippen molar-refractivity contribution >= 4 is 27.3 Å². The average Bonchev–Trinajstić information content (AvgIpc) is 2.73. The van der Waals surface area contributed by atoms with E-state index in [4.69, 9.17) is 0 Å². The first kappa shape index (κ1) is 21.3. The Morgan fingerprint density at radius 1 is 1.17 bits per heavy atom. The molecule has 1 aliphatic heterocycles. The van der Waals surface area contributed by atoms with Gasteiger partial charge < -0.3 is 10.2 Å². The summed E-state index contributed by atoms with van der Waals surface area (Å²) in [6.45, 7) is 5.42. The van der Waals surface area contributed by atoms with Crippen LogP contribution in [0.1, 0.15) is 43.5 Å². The lowest BCUT2D eigenvalue weighted by Crippen LogP contribution is -2.41.